The van der Waals surface area contributed by atoms with Crippen LogP contribution in [0.2, 0.25) is 0 Å². The number of Topliss-reactive ketones (excluding diaryl/α,β-unsaturated/α-hetero) is 1. The van der Waals surface area contributed by atoms with Gasteiger partial charge in [-0.25, -0.2) is 9.18 Å². The van der Waals surface area contributed by atoms with E-state index in [1.807, 2.05) is 12.1 Å². The Morgan fingerprint density at radius 2 is 1.77 bits per heavy atom. The molecule has 0 amide bonds. The van der Waals surface area contributed by atoms with Crippen molar-refractivity contribution in [3.8, 4) is 0 Å². The van der Waals surface area contributed by atoms with E-state index in [0.717, 1.165) is 68.9 Å². The fourth-order valence-electron chi connectivity index (χ4n) is 5.56. The lowest BCUT2D eigenvalue weighted by molar-refractivity contribution is 0.0600. The van der Waals surface area contributed by atoms with E-state index < -0.39 is 0 Å². The van der Waals surface area contributed by atoms with Gasteiger partial charge < -0.3 is 19.1 Å². The summed E-state index contributed by atoms with van der Waals surface area (Å²) in [6.07, 6.45) is 1.59. The van der Waals surface area contributed by atoms with Crippen molar-refractivity contribution in [2.45, 2.75) is 26.3 Å². The first kappa shape index (κ1) is 23.7. The van der Waals surface area contributed by atoms with Crippen LogP contribution in [0.4, 0.5) is 4.39 Å². The molecule has 1 unspecified atom stereocenters. The number of benzene rings is 2. The normalized spacial score (nSPS) is 19.2. The second kappa shape index (κ2) is 9.91. The fourth-order valence-corrected chi connectivity index (χ4v) is 5.56. The van der Waals surface area contributed by atoms with Crippen LogP contribution >= 0.6 is 0 Å². The Hall–Kier alpha value is -3.03. The molecule has 7 heteroatoms. The SMILES string of the molecule is CCN1CCN(CC2CCc3c(c4cc(F)ccc4n3Cc3ccc(C(=O)OC)cc3)C2=O)CC1. The zero-order valence-corrected chi connectivity index (χ0v) is 20.4. The average Bonchev–Trinajstić information content (AvgIpc) is 3.19. The van der Waals surface area contributed by atoms with E-state index >= 15 is 0 Å². The molecular weight excluding hydrogens is 445 g/mol. The Morgan fingerprint density at radius 1 is 1.06 bits per heavy atom. The fraction of sp³-hybridized carbons (Fsp3) is 0.429. The number of piperazine rings is 1. The largest absolute Gasteiger partial charge is 0.465 e. The van der Waals surface area contributed by atoms with Gasteiger partial charge in [0.2, 0.25) is 0 Å². The monoisotopic (exact) mass is 477 g/mol. The van der Waals surface area contributed by atoms with E-state index in [1.54, 1.807) is 18.2 Å². The van der Waals surface area contributed by atoms with Crippen molar-refractivity contribution in [3.05, 3.63) is 70.7 Å². The first-order chi connectivity index (χ1) is 17.0. The lowest BCUT2D eigenvalue weighted by Crippen LogP contribution is -2.48. The smallest absolute Gasteiger partial charge is 0.337 e. The Kier molecular flexibility index (Phi) is 6.71. The number of esters is 1. The maximum atomic E-state index is 14.3. The first-order valence-electron chi connectivity index (χ1n) is 12.4. The maximum Gasteiger partial charge on any atom is 0.337 e. The van der Waals surface area contributed by atoms with Crippen LogP contribution < -0.4 is 0 Å². The third-order valence-corrected chi connectivity index (χ3v) is 7.59. The van der Waals surface area contributed by atoms with Crippen LogP contribution in [0.15, 0.2) is 42.5 Å². The van der Waals surface area contributed by atoms with Crippen LogP contribution in [-0.2, 0) is 17.7 Å². The summed E-state index contributed by atoms with van der Waals surface area (Å²) >= 11 is 0. The summed E-state index contributed by atoms with van der Waals surface area (Å²) in [5, 5.41) is 0.705. The van der Waals surface area contributed by atoms with E-state index in [0.29, 0.717) is 23.1 Å². The van der Waals surface area contributed by atoms with Crippen LogP contribution in [0.1, 0.15) is 45.3 Å². The van der Waals surface area contributed by atoms with Gasteiger partial charge in [-0.3, -0.25) is 4.79 Å². The molecule has 0 radical (unpaired) electrons. The second-order valence-electron chi connectivity index (χ2n) is 9.59. The quantitative estimate of drug-likeness (QED) is 0.503. The Bertz CT molecular complexity index is 1240. The number of nitrogens with zero attached hydrogens (tertiary/aromatic N) is 3. The third kappa shape index (κ3) is 4.62. The molecule has 0 spiro atoms. The number of fused-ring (bicyclic) bond motifs is 3. The highest BCUT2D eigenvalue weighted by Crippen LogP contribution is 2.36. The number of rotatable bonds is 6. The lowest BCUT2D eigenvalue weighted by atomic mass is 9.84. The number of hydrogen-bond donors (Lipinski definition) is 0. The molecule has 2 heterocycles. The number of aromatic nitrogens is 1. The number of carbonyl (C=O) groups is 2. The molecule has 1 aliphatic carbocycles. The number of hydrogen-bond acceptors (Lipinski definition) is 5. The third-order valence-electron chi connectivity index (χ3n) is 7.59. The molecule has 1 aromatic heterocycles. The minimum absolute atomic E-state index is 0.0580. The highest BCUT2D eigenvalue weighted by atomic mass is 19.1. The lowest BCUT2D eigenvalue weighted by Gasteiger charge is -2.36. The number of ether oxygens (including phenoxy) is 1. The molecule has 35 heavy (non-hydrogen) atoms. The van der Waals surface area contributed by atoms with Gasteiger partial charge in [-0.2, -0.15) is 0 Å². The summed E-state index contributed by atoms with van der Waals surface area (Å²) in [4.78, 5) is 30.3. The van der Waals surface area contributed by atoms with Gasteiger partial charge in [0.25, 0.3) is 0 Å². The Labute approximate surface area is 205 Å². The van der Waals surface area contributed by atoms with E-state index in [4.69, 9.17) is 4.74 Å². The summed E-state index contributed by atoms with van der Waals surface area (Å²) in [5.74, 6) is -0.619. The van der Waals surface area contributed by atoms with Crippen molar-refractivity contribution < 1.29 is 18.7 Å². The number of methoxy groups -OCH3 is 1. The van der Waals surface area contributed by atoms with Crippen molar-refractivity contribution in [2.75, 3.05) is 46.4 Å². The van der Waals surface area contributed by atoms with Gasteiger partial charge in [0.15, 0.2) is 5.78 Å². The highest BCUT2D eigenvalue weighted by Gasteiger charge is 2.34. The maximum absolute atomic E-state index is 14.3. The van der Waals surface area contributed by atoms with E-state index in [1.165, 1.54) is 19.2 Å². The minimum Gasteiger partial charge on any atom is -0.465 e. The standard InChI is InChI=1S/C28H32FN3O3/c1-3-30-12-14-31(15-13-30)18-21-8-10-25-26(27(21)33)23-16-22(29)9-11-24(23)32(25)17-19-4-6-20(7-5-19)28(34)35-2/h4-7,9,11,16,21H,3,8,10,12-15,17-18H2,1-2H3. The van der Waals surface area contributed by atoms with Crippen molar-refractivity contribution in [1.29, 1.82) is 0 Å². The molecule has 184 valence electrons. The summed E-state index contributed by atoms with van der Waals surface area (Å²) < 4.78 is 21.2. The van der Waals surface area contributed by atoms with Crippen LogP contribution in [0.5, 0.6) is 0 Å². The van der Waals surface area contributed by atoms with E-state index in [-0.39, 0.29) is 23.5 Å². The molecule has 1 fully saturated rings. The molecule has 0 N–H and O–H groups in total. The molecule has 3 aromatic rings. The molecular formula is C28H32FN3O3. The second-order valence-corrected chi connectivity index (χ2v) is 9.59. The van der Waals surface area contributed by atoms with Crippen molar-refractivity contribution in [2.24, 2.45) is 5.92 Å². The molecule has 2 aliphatic rings. The molecule has 5 rings (SSSR count). The van der Waals surface area contributed by atoms with Gasteiger partial charge in [-0.1, -0.05) is 19.1 Å². The van der Waals surface area contributed by atoms with Gasteiger partial charge in [0, 0.05) is 67.3 Å². The molecule has 2 aromatic carbocycles. The topological polar surface area (TPSA) is 54.8 Å². The van der Waals surface area contributed by atoms with Crippen molar-refractivity contribution in [3.63, 3.8) is 0 Å². The summed E-state index contributed by atoms with van der Waals surface area (Å²) in [7, 11) is 1.36. The number of ketones is 1. The molecule has 0 bridgehead atoms. The zero-order valence-electron chi connectivity index (χ0n) is 20.4. The van der Waals surface area contributed by atoms with Crippen molar-refractivity contribution in [1.82, 2.24) is 14.4 Å². The van der Waals surface area contributed by atoms with E-state index in [2.05, 4.69) is 21.3 Å². The Morgan fingerprint density at radius 3 is 2.46 bits per heavy atom. The molecule has 1 aliphatic heterocycles. The van der Waals surface area contributed by atoms with Gasteiger partial charge >= 0.3 is 5.97 Å². The predicted molar refractivity (Wildman–Crippen MR) is 133 cm³/mol. The van der Waals surface area contributed by atoms with Gasteiger partial charge in [-0.15, -0.1) is 0 Å². The summed E-state index contributed by atoms with van der Waals surface area (Å²) in [6, 6.07) is 12.0. The minimum atomic E-state index is -0.372. The first-order valence-corrected chi connectivity index (χ1v) is 12.4. The number of halogens is 1. The summed E-state index contributed by atoms with van der Waals surface area (Å²) in [6.45, 7) is 8.64. The van der Waals surface area contributed by atoms with Crippen LogP contribution in [-0.4, -0.2) is 72.5 Å². The molecule has 1 saturated heterocycles. The Balaban J connectivity index is 1.43. The van der Waals surface area contributed by atoms with Crippen molar-refractivity contribution >= 4 is 22.7 Å². The summed E-state index contributed by atoms with van der Waals surface area (Å²) in [5.41, 5.74) is 4.05. The molecule has 0 saturated carbocycles. The van der Waals surface area contributed by atoms with Crippen LogP contribution in [0.3, 0.4) is 0 Å². The van der Waals surface area contributed by atoms with Gasteiger partial charge in [-0.05, 0) is 55.3 Å². The molecule has 6 nitrogen and oxygen atoms in total. The number of carbonyl (C=O) groups excluding carboxylic acids is 2. The highest BCUT2D eigenvalue weighted by molar-refractivity contribution is 6.11. The average molecular weight is 478 g/mol. The van der Waals surface area contributed by atoms with Gasteiger partial charge in [0.05, 0.1) is 12.7 Å². The zero-order chi connectivity index (χ0) is 24.5. The van der Waals surface area contributed by atoms with Crippen LogP contribution in [0.25, 0.3) is 10.9 Å². The molecule has 1 atom stereocenters. The number of likely N-dealkylation sites (N-methyl/N-ethyl adjacent to an activating group) is 1. The van der Waals surface area contributed by atoms with Crippen LogP contribution in [0, 0.1) is 11.7 Å². The van der Waals surface area contributed by atoms with E-state index in [9.17, 15) is 14.0 Å². The predicted octanol–water partition coefficient (Wildman–Crippen LogP) is 4.00. The van der Waals surface area contributed by atoms with Gasteiger partial charge in [0.1, 0.15) is 5.82 Å².